The molecule has 2 aliphatic rings. The molecule has 0 spiro atoms. The summed E-state index contributed by atoms with van der Waals surface area (Å²) in [7, 11) is 0. The zero-order valence-corrected chi connectivity index (χ0v) is 8.01. The fourth-order valence-corrected chi connectivity index (χ4v) is 2.06. The first-order valence-electron chi connectivity index (χ1n) is 4.13. The zero-order valence-electron chi connectivity index (χ0n) is 8.01. The molecule has 2 N–H and O–H groups in total. The van der Waals surface area contributed by atoms with Gasteiger partial charge in [-0.1, -0.05) is 0 Å². The van der Waals surface area contributed by atoms with E-state index < -0.39 is 23.3 Å². The summed E-state index contributed by atoms with van der Waals surface area (Å²) in [6, 6.07) is 0. The van der Waals surface area contributed by atoms with Gasteiger partial charge in [0.15, 0.2) is 0 Å². The van der Waals surface area contributed by atoms with Gasteiger partial charge in [0.1, 0.15) is 5.92 Å². The topological polar surface area (TPSA) is 86.6 Å². The molecule has 14 heavy (non-hydrogen) atoms. The van der Waals surface area contributed by atoms with Crippen LogP contribution in [0, 0.1) is 5.92 Å². The molecule has 7 heteroatoms. The monoisotopic (exact) mass is 208 g/mol. The third-order valence-electron chi connectivity index (χ3n) is 2.51. The average molecular weight is 208 g/mol. The normalized spacial score (nSPS) is 57.6. The second kappa shape index (κ2) is 2.64. The minimum absolute atomic E-state index is 0.840. The molecule has 7 nitrogen and oxygen atoms in total. The molecule has 0 aromatic heterocycles. The fourth-order valence-electron chi connectivity index (χ4n) is 2.06. The van der Waals surface area contributed by atoms with Crippen LogP contribution in [-0.2, 0) is 24.4 Å². The molecule has 0 radical (unpaired) electrons. The van der Waals surface area contributed by atoms with Gasteiger partial charge in [0.25, 0.3) is 0 Å². The minimum Gasteiger partial charge on any atom is -0.363 e. The maximum Gasteiger partial charge on any atom is 0.244 e. The minimum atomic E-state index is -1.66. The Hall–Kier alpha value is -0.280. The maximum atomic E-state index is 9.80. The smallest absolute Gasteiger partial charge is 0.244 e. The van der Waals surface area contributed by atoms with Crippen LogP contribution in [0.1, 0.15) is 20.8 Å². The van der Waals surface area contributed by atoms with Crippen LogP contribution in [-0.4, -0.2) is 27.7 Å². The van der Waals surface area contributed by atoms with Gasteiger partial charge in [0, 0.05) is 0 Å². The highest BCUT2D eigenvalue weighted by Gasteiger charge is 2.72. The lowest BCUT2D eigenvalue weighted by Gasteiger charge is -2.29. The first kappa shape index (κ1) is 10.2. The first-order valence-corrected chi connectivity index (χ1v) is 4.13. The summed E-state index contributed by atoms with van der Waals surface area (Å²) in [5.74, 6) is -5.34. The Kier molecular flexibility index (Phi) is 1.93. The maximum absolute atomic E-state index is 9.80. The van der Waals surface area contributed by atoms with Gasteiger partial charge in [-0.2, -0.15) is 19.6 Å². The second-order valence-corrected chi connectivity index (χ2v) is 3.94. The van der Waals surface area contributed by atoms with Gasteiger partial charge >= 0.3 is 0 Å². The van der Waals surface area contributed by atoms with Crippen LogP contribution in [0.15, 0.2) is 0 Å². The van der Waals surface area contributed by atoms with Crippen LogP contribution >= 0.6 is 0 Å². The third kappa shape index (κ3) is 1.12. The summed E-state index contributed by atoms with van der Waals surface area (Å²) >= 11 is 0. The summed E-state index contributed by atoms with van der Waals surface area (Å²) < 4.78 is 0. The SMILES string of the molecule is C[C@@]12OO[C@@](C)(OO)[C@H]1[C@@](C)(O)OO2. The Morgan fingerprint density at radius 3 is 2.21 bits per heavy atom. The van der Waals surface area contributed by atoms with Crippen molar-refractivity contribution in [3.05, 3.63) is 0 Å². The van der Waals surface area contributed by atoms with Gasteiger partial charge < -0.3 is 5.11 Å². The lowest BCUT2D eigenvalue weighted by atomic mass is 9.86. The molecule has 2 rings (SSSR count). The molecule has 0 saturated carbocycles. The van der Waals surface area contributed by atoms with Gasteiger partial charge in [0.05, 0.1) is 0 Å². The van der Waals surface area contributed by atoms with Crippen LogP contribution in [0.25, 0.3) is 0 Å². The van der Waals surface area contributed by atoms with Crippen molar-refractivity contribution in [2.75, 3.05) is 0 Å². The van der Waals surface area contributed by atoms with Gasteiger partial charge in [-0.15, -0.1) is 0 Å². The van der Waals surface area contributed by atoms with E-state index in [4.69, 9.17) is 19.9 Å². The van der Waals surface area contributed by atoms with Crippen molar-refractivity contribution in [3.8, 4) is 0 Å². The summed E-state index contributed by atoms with van der Waals surface area (Å²) in [6.07, 6.45) is 0. The highest BCUT2D eigenvalue weighted by molar-refractivity contribution is 4.97. The van der Waals surface area contributed by atoms with Crippen molar-refractivity contribution in [2.45, 2.75) is 38.1 Å². The van der Waals surface area contributed by atoms with Crippen LogP contribution in [0.5, 0.6) is 0 Å². The largest absolute Gasteiger partial charge is 0.363 e. The summed E-state index contributed by atoms with van der Waals surface area (Å²) in [6.45, 7) is 4.26. The van der Waals surface area contributed by atoms with Gasteiger partial charge in [0.2, 0.25) is 17.4 Å². The zero-order chi connectivity index (χ0) is 10.6. The van der Waals surface area contributed by atoms with Crippen molar-refractivity contribution in [3.63, 3.8) is 0 Å². The van der Waals surface area contributed by atoms with Gasteiger partial charge in [-0.25, -0.2) is 10.1 Å². The Morgan fingerprint density at radius 2 is 1.64 bits per heavy atom. The first-order chi connectivity index (χ1) is 6.34. The van der Waals surface area contributed by atoms with Crippen LogP contribution in [0.4, 0.5) is 0 Å². The number of hydrogen-bond acceptors (Lipinski definition) is 7. The van der Waals surface area contributed by atoms with Gasteiger partial charge in [-0.05, 0) is 20.8 Å². The van der Waals surface area contributed by atoms with E-state index in [0.717, 1.165) is 0 Å². The van der Waals surface area contributed by atoms with Crippen molar-refractivity contribution < 1.29 is 34.8 Å². The Labute approximate surface area is 79.9 Å². The average Bonchev–Trinajstić information content (AvgIpc) is 2.51. The quantitative estimate of drug-likeness (QED) is 0.468. The third-order valence-corrected chi connectivity index (χ3v) is 2.51. The molecule has 2 fully saturated rings. The molecule has 0 amide bonds. The molecule has 4 atom stereocenters. The molecule has 0 unspecified atom stereocenters. The standard InChI is InChI=1S/C7H12O7/c1-5(8)4-6(2,10-9)12-14-7(4,3)13-11-5/h4,8-9H,1-3H3/t4-,5+,6-,7-/m1/s1. The predicted octanol–water partition coefficient (Wildman–Crippen LogP) is 0.157. The Morgan fingerprint density at radius 1 is 1.07 bits per heavy atom. The molecule has 0 aliphatic carbocycles. The number of fused-ring (bicyclic) bond motifs is 1. The molecule has 82 valence electrons. The van der Waals surface area contributed by atoms with Gasteiger partial charge in [-0.3, -0.25) is 0 Å². The summed E-state index contributed by atoms with van der Waals surface area (Å²) in [5.41, 5.74) is 0. The van der Waals surface area contributed by atoms with Crippen molar-refractivity contribution in [2.24, 2.45) is 5.92 Å². The van der Waals surface area contributed by atoms with E-state index in [2.05, 4.69) is 9.78 Å². The number of aliphatic hydroxyl groups is 1. The molecular weight excluding hydrogens is 196 g/mol. The summed E-state index contributed by atoms with van der Waals surface area (Å²) in [4.78, 5) is 23.2. The molecular formula is C7H12O7. The van der Waals surface area contributed by atoms with E-state index in [1.165, 1.54) is 20.8 Å². The van der Waals surface area contributed by atoms with E-state index in [1.54, 1.807) is 0 Å². The second-order valence-electron chi connectivity index (χ2n) is 3.94. The lowest BCUT2D eigenvalue weighted by molar-refractivity contribution is -0.530. The predicted molar refractivity (Wildman–Crippen MR) is 39.0 cm³/mol. The molecule has 0 aromatic carbocycles. The van der Waals surface area contributed by atoms with E-state index in [9.17, 15) is 5.11 Å². The fraction of sp³-hybridized carbons (Fsp3) is 1.00. The Bertz CT molecular complexity index is 254. The van der Waals surface area contributed by atoms with E-state index in [-0.39, 0.29) is 0 Å². The van der Waals surface area contributed by atoms with E-state index in [1.807, 2.05) is 0 Å². The molecule has 2 saturated heterocycles. The number of rotatable bonds is 1. The molecule has 2 aliphatic heterocycles. The molecule has 2 heterocycles. The van der Waals surface area contributed by atoms with Crippen molar-refractivity contribution >= 4 is 0 Å². The van der Waals surface area contributed by atoms with Crippen molar-refractivity contribution in [1.29, 1.82) is 0 Å². The Balaban J connectivity index is 2.38. The highest BCUT2D eigenvalue weighted by atomic mass is 17.4. The van der Waals surface area contributed by atoms with Crippen LogP contribution in [0.2, 0.25) is 0 Å². The van der Waals surface area contributed by atoms with Crippen LogP contribution in [0.3, 0.4) is 0 Å². The lowest BCUT2D eigenvalue weighted by Crippen LogP contribution is -2.50. The number of hydrogen-bond donors (Lipinski definition) is 2. The highest BCUT2D eigenvalue weighted by Crippen LogP contribution is 2.53. The molecule has 0 aromatic rings. The van der Waals surface area contributed by atoms with E-state index in [0.29, 0.717) is 0 Å². The summed E-state index contributed by atoms with van der Waals surface area (Å²) in [5, 5.41) is 18.5. The van der Waals surface area contributed by atoms with Crippen molar-refractivity contribution in [1.82, 2.24) is 0 Å². The molecule has 0 bridgehead atoms. The van der Waals surface area contributed by atoms with E-state index >= 15 is 0 Å². The van der Waals surface area contributed by atoms with Crippen LogP contribution < -0.4 is 0 Å².